The first kappa shape index (κ1) is 23.2. The Kier molecular flexibility index (Phi) is 6.57. The number of rotatable bonds is 7. The highest BCUT2D eigenvalue weighted by Gasteiger charge is 2.37. The van der Waals surface area contributed by atoms with Crippen molar-refractivity contribution in [2.75, 3.05) is 24.2 Å². The van der Waals surface area contributed by atoms with Gasteiger partial charge in [-0.2, -0.15) is 4.31 Å². The van der Waals surface area contributed by atoms with E-state index in [0.717, 1.165) is 66.8 Å². The van der Waals surface area contributed by atoms with Crippen LogP contribution >= 0.6 is 0 Å². The smallest absolute Gasteiger partial charge is 0.214 e. The quantitative estimate of drug-likeness (QED) is 0.552. The van der Waals surface area contributed by atoms with Crippen LogP contribution in [0.5, 0.6) is 0 Å². The van der Waals surface area contributed by atoms with Crippen molar-refractivity contribution in [3.63, 3.8) is 0 Å². The lowest BCUT2D eigenvalue weighted by Gasteiger charge is -2.36. The molecule has 0 amide bonds. The summed E-state index contributed by atoms with van der Waals surface area (Å²) in [6.07, 6.45) is 9.83. The predicted octanol–water partition coefficient (Wildman–Crippen LogP) is 3.69. The van der Waals surface area contributed by atoms with Crippen molar-refractivity contribution in [3.8, 4) is 0 Å². The number of hydrogen-bond acceptors (Lipinski definition) is 6. The maximum Gasteiger partial charge on any atom is 0.214 e. The Hall–Kier alpha value is -2.52. The summed E-state index contributed by atoms with van der Waals surface area (Å²) < 4.78 is 28.6. The highest BCUT2D eigenvalue weighted by atomic mass is 32.2. The number of aromatic nitrogens is 4. The molecular formula is C25H34N6O2S. The van der Waals surface area contributed by atoms with Gasteiger partial charge in [-0.1, -0.05) is 6.07 Å². The van der Waals surface area contributed by atoms with Crippen molar-refractivity contribution in [3.05, 3.63) is 48.2 Å². The van der Waals surface area contributed by atoms with E-state index < -0.39 is 10.0 Å². The third-order valence-corrected chi connectivity index (χ3v) is 9.64. The van der Waals surface area contributed by atoms with Gasteiger partial charge in [-0.15, -0.1) is 0 Å². The molecule has 34 heavy (non-hydrogen) atoms. The Labute approximate surface area is 201 Å². The molecule has 1 saturated heterocycles. The number of H-pyrrole nitrogens is 1. The molecule has 8 nitrogen and oxygen atoms in total. The molecule has 1 unspecified atom stereocenters. The zero-order valence-electron chi connectivity index (χ0n) is 20.0. The Bertz CT molecular complexity index is 1230. The summed E-state index contributed by atoms with van der Waals surface area (Å²) in [6, 6.07) is 8.39. The monoisotopic (exact) mass is 482 g/mol. The van der Waals surface area contributed by atoms with Crippen LogP contribution in [-0.2, 0) is 16.4 Å². The van der Waals surface area contributed by atoms with E-state index in [1.54, 1.807) is 10.6 Å². The van der Waals surface area contributed by atoms with Crippen LogP contribution in [0.1, 0.15) is 49.9 Å². The summed E-state index contributed by atoms with van der Waals surface area (Å²) in [5.74, 6) is 1.41. The lowest BCUT2D eigenvalue weighted by molar-refractivity contribution is 0.329. The SMILES string of the molecule is Cc1cccc(CC2CCCN2S(=O)(=O)CC2CCC(N(C)c3ncnc4[nH]ccc34)CC2)n1. The number of pyridine rings is 1. The molecule has 0 radical (unpaired) electrons. The van der Waals surface area contributed by atoms with Crippen molar-refractivity contribution >= 4 is 26.9 Å². The number of hydrogen-bond donors (Lipinski definition) is 1. The molecule has 4 heterocycles. The van der Waals surface area contributed by atoms with E-state index in [-0.39, 0.29) is 17.7 Å². The Morgan fingerprint density at radius 2 is 1.94 bits per heavy atom. The van der Waals surface area contributed by atoms with Crippen molar-refractivity contribution in [1.82, 2.24) is 24.2 Å². The molecule has 182 valence electrons. The summed E-state index contributed by atoms with van der Waals surface area (Å²) in [7, 11) is -1.20. The average Bonchev–Trinajstić information content (AvgIpc) is 3.49. The molecule has 1 aliphatic carbocycles. The second kappa shape index (κ2) is 9.62. The first-order valence-corrected chi connectivity index (χ1v) is 13.9. The number of aromatic amines is 1. The second-order valence-electron chi connectivity index (χ2n) is 9.88. The fraction of sp³-hybridized carbons (Fsp3) is 0.560. The maximum absolute atomic E-state index is 13.4. The van der Waals surface area contributed by atoms with E-state index in [1.165, 1.54) is 0 Å². The summed E-state index contributed by atoms with van der Waals surface area (Å²) in [4.78, 5) is 18.8. The highest BCUT2D eigenvalue weighted by molar-refractivity contribution is 7.89. The molecule has 0 aromatic carbocycles. The predicted molar refractivity (Wildman–Crippen MR) is 134 cm³/mol. The van der Waals surface area contributed by atoms with Crippen LogP contribution in [0.2, 0.25) is 0 Å². The zero-order valence-corrected chi connectivity index (χ0v) is 20.8. The summed E-state index contributed by atoms with van der Waals surface area (Å²) >= 11 is 0. The third kappa shape index (κ3) is 4.81. The van der Waals surface area contributed by atoms with Gasteiger partial charge in [-0.25, -0.2) is 18.4 Å². The van der Waals surface area contributed by atoms with Gasteiger partial charge in [0.05, 0.1) is 11.1 Å². The van der Waals surface area contributed by atoms with Crippen molar-refractivity contribution in [2.24, 2.45) is 5.92 Å². The van der Waals surface area contributed by atoms with Crippen molar-refractivity contribution < 1.29 is 8.42 Å². The molecule has 9 heteroatoms. The number of fused-ring (bicyclic) bond motifs is 1. The fourth-order valence-electron chi connectivity index (χ4n) is 5.74. The van der Waals surface area contributed by atoms with Gasteiger partial charge in [0.2, 0.25) is 10.0 Å². The van der Waals surface area contributed by atoms with Gasteiger partial charge in [0.15, 0.2) is 0 Å². The molecule has 0 bridgehead atoms. The lowest BCUT2D eigenvalue weighted by atomic mass is 9.86. The van der Waals surface area contributed by atoms with E-state index in [4.69, 9.17) is 0 Å². The molecule has 1 atom stereocenters. The normalized spacial score (nSPS) is 24.0. The standard InChI is InChI=1S/C25H34N6O2S/c1-18-5-3-6-20(29-18)15-22-7-4-14-31(22)34(32,33)16-19-8-10-21(11-9-19)30(2)25-23-12-13-26-24(23)27-17-28-25/h3,5-6,12-13,17,19,21-22H,4,7-11,14-16H2,1-2H3,(H,26,27,28). The lowest BCUT2D eigenvalue weighted by Crippen LogP contribution is -2.42. The Morgan fingerprint density at radius 3 is 2.74 bits per heavy atom. The molecular weight excluding hydrogens is 448 g/mol. The molecule has 1 N–H and O–H groups in total. The van der Waals surface area contributed by atoms with Gasteiger partial charge in [-0.05, 0) is 69.6 Å². The average molecular weight is 483 g/mol. The minimum atomic E-state index is -3.28. The van der Waals surface area contributed by atoms with Crippen LogP contribution in [0.25, 0.3) is 11.0 Å². The van der Waals surface area contributed by atoms with Crippen LogP contribution in [0.4, 0.5) is 5.82 Å². The third-order valence-electron chi connectivity index (χ3n) is 7.55. The van der Waals surface area contributed by atoms with E-state index in [9.17, 15) is 8.42 Å². The first-order chi connectivity index (χ1) is 16.4. The molecule has 3 aromatic rings. The molecule has 3 aromatic heterocycles. The number of nitrogens with zero attached hydrogens (tertiary/aromatic N) is 5. The first-order valence-electron chi connectivity index (χ1n) is 12.3. The minimum Gasteiger partial charge on any atom is -0.356 e. The summed E-state index contributed by atoms with van der Waals surface area (Å²) in [5.41, 5.74) is 2.81. The van der Waals surface area contributed by atoms with Gasteiger partial charge in [0, 0.05) is 49.7 Å². The number of anilines is 1. The van der Waals surface area contributed by atoms with Crippen LogP contribution in [0.15, 0.2) is 36.8 Å². The highest BCUT2D eigenvalue weighted by Crippen LogP contribution is 2.33. The van der Waals surface area contributed by atoms with E-state index >= 15 is 0 Å². The van der Waals surface area contributed by atoms with Gasteiger partial charge in [0.1, 0.15) is 17.8 Å². The van der Waals surface area contributed by atoms with E-state index in [2.05, 4.69) is 31.9 Å². The summed E-state index contributed by atoms with van der Waals surface area (Å²) in [6.45, 7) is 2.61. The molecule has 1 aliphatic heterocycles. The number of sulfonamides is 1. The molecule has 2 aliphatic rings. The van der Waals surface area contributed by atoms with Crippen LogP contribution < -0.4 is 4.90 Å². The van der Waals surface area contributed by atoms with Crippen LogP contribution in [0, 0.1) is 12.8 Å². The largest absolute Gasteiger partial charge is 0.356 e. The zero-order chi connectivity index (χ0) is 23.7. The van der Waals surface area contributed by atoms with Gasteiger partial charge in [0.25, 0.3) is 0 Å². The second-order valence-corrected chi connectivity index (χ2v) is 11.8. The minimum absolute atomic E-state index is 0.0308. The van der Waals surface area contributed by atoms with Gasteiger partial charge in [-0.3, -0.25) is 4.98 Å². The molecule has 0 spiro atoms. The van der Waals surface area contributed by atoms with Gasteiger partial charge < -0.3 is 9.88 Å². The van der Waals surface area contributed by atoms with Crippen molar-refractivity contribution in [2.45, 2.75) is 64.0 Å². The van der Waals surface area contributed by atoms with E-state index in [0.29, 0.717) is 19.0 Å². The van der Waals surface area contributed by atoms with Crippen LogP contribution in [0.3, 0.4) is 0 Å². The molecule has 2 fully saturated rings. The van der Waals surface area contributed by atoms with E-state index in [1.807, 2.05) is 37.4 Å². The maximum atomic E-state index is 13.4. The van der Waals surface area contributed by atoms with Crippen LogP contribution in [-0.4, -0.2) is 64.1 Å². The summed E-state index contributed by atoms with van der Waals surface area (Å²) in [5, 5.41) is 1.03. The van der Waals surface area contributed by atoms with Gasteiger partial charge >= 0.3 is 0 Å². The molecule has 5 rings (SSSR count). The number of aryl methyl sites for hydroxylation is 1. The fourth-order valence-corrected chi connectivity index (χ4v) is 7.90. The number of nitrogens with one attached hydrogen (secondary N) is 1. The molecule has 1 saturated carbocycles. The van der Waals surface area contributed by atoms with Crippen molar-refractivity contribution in [1.29, 1.82) is 0 Å². The Morgan fingerprint density at radius 1 is 1.12 bits per heavy atom. The Balaban J connectivity index is 1.19. The topological polar surface area (TPSA) is 95.1 Å².